The van der Waals surface area contributed by atoms with Gasteiger partial charge in [-0.1, -0.05) is 23.7 Å². The summed E-state index contributed by atoms with van der Waals surface area (Å²) in [6.07, 6.45) is 0.0411. The molecule has 0 bridgehead atoms. The number of halogens is 1. The highest BCUT2D eigenvalue weighted by molar-refractivity contribution is 6.31. The summed E-state index contributed by atoms with van der Waals surface area (Å²) in [5, 5.41) is 4.03. The molecule has 0 aromatic heterocycles. The van der Waals surface area contributed by atoms with Gasteiger partial charge in [0.25, 0.3) is 0 Å². The van der Waals surface area contributed by atoms with Gasteiger partial charge < -0.3 is 19.5 Å². The molecule has 2 aromatic rings. The number of rotatable bonds is 8. The summed E-state index contributed by atoms with van der Waals surface area (Å²) in [5.41, 5.74) is 3.29. The summed E-state index contributed by atoms with van der Waals surface area (Å²) in [6, 6.07) is 9.90. The second kappa shape index (κ2) is 8.97. The Morgan fingerprint density at radius 3 is 2.36 bits per heavy atom. The van der Waals surface area contributed by atoms with Crippen LogP contribution in [0.15, 0.2) is 30.3 Å². The fraction of sp³-hybridized carbons (Fsp3) is 0.400. The lowest BCUT2D eigenvalue weighted by molar-refractivity contribution is 0.215. The largest absolute Gasteiger partial charge is 0.493 e. The normalized spacial score (nSPS) is 11.9. The molecule has 25 heavy (non-hydrogen) atoms. The van der Waals surface area contributed by atoms with Crippen molar-refractivity contribution in [3.63, 3.8) is 0 Å². The van der Waals surface area contributed by atoms with Crippen molar-refractivity contribution in [1.29, 1.82) is 0 Å². The number of methoxy groups -OCH3 is 2. The van der Waals surface area contributed by atoms with E-state index in [9.17, 15) is 0 Å². The predicted octanol–water partition coefficient (Wildman–Crippen LogP) is 4.53. The highest BCUT2D eigenvalue weighted by atomic mass is 35.5. The van der Waals surface area contributed by atoms with E-state index >= 15 is 0 Å². The number of aryl methyl sites for hydroxylation is 2. The van der Waals surface area contributed by atoms with Gasteiger partial charge >= 0.3 is 0 Å². The van der Waals surface area contributed by atoms with Gasteiger partial charge in [-0.05, 0) is 49.6 Å². The number of hydrogen-bond acceptors (Lipinski definition) is 4. The van der Waals surface area contributed by atoms with E-state index in [0.29, 0.717) is 29.6 Å². The Morgan fingerprint density at radius 1 is 1.00 bits per heavy atom. The van der Waals surface area contributed by atoms with E-state index in [0.717, 1.165) is 16.9 Å². The maximum Gasteiger partial charge on any atom is 0.162 e. The molecule has 0 amide bonds. The molecule has 1 atom stereocenters. The Labute approximate surface area is 155 Å². The van der Waals surface area contributed by atoms with Gasteiger partial charge in [-0.3, -0.25) is 0 Å². The van der Waals surface area contributed by atoms with Gasteiger partial charge in [-0.2, -0.15) is 0 Å². The number of ether oxygens (including phenoxy) is 3. The highest BCUT2D eigenvalue weighted by Gasteiger charge is 2.11. The molecule has 0 fully saturated rings. The zero-order valence-electron chi connectivity index (χ0n) is 15.5. The number of hydrogen-bond donors (Lipinski definition) is 1. The molecule has 0 radical (unpaired) electrons. The van der Waals surface area contributed by atoms with E-state index < -0.39 is 0 Å². The molecule has 1 N–H and O–H groups in total. The van der Waals surface area contributed by atoms with Crippen LogP contribution in [0, 0.1) is 13.8 Å². The van der Waals surface area contributed by atoms with Crippen molar-refractivity contribution in [3.8, 4) is 17.2 Å². The average Bonchev–Trinajstić information content (AvgIpc) is 2.59. The van der Waals surface area contributed by atoms with Crippen LogP contribution in [0.3, 0.4) is 0 Å². The van der Waals surface area contributed by atoms with E-state index in [1.54, 1.807) is 20.3 Å². The molecular weight excluding hydrogens is 338 g/mol. The van der Waals surface area contributed by atoms with E-state index in [1.165, 1.54) is 5.56 Å². The minimum Gasteiger partial charge on any atom is -0.493 e. The molecular formula is C20H26ClNO3. The van der Waals surface area contributed by atoms with Gasteiger partial charge in [-0.15, -0.1) is 0 Å². The lowest BCUT2D eigenvalue weighted by Gasteiger charge is -2.18. The van der Waals surface area contributed by atoms with Crippen molar-refractivity contribution in [1.82, 2.24) is 5.32 Å². The van der Waals surface area contributed by atoms with Crippen molar-refractivity contribution in [3.05, 3.63) is 52.0 Å². The molecule has 2 rings (SSSR count). The SMILES string of the molecule is COc1cc(Cl)c(CNCC(C)Oc2cc(C)ccc2C)cc1OC. The van der Waals surface area contributed by atoms with E-state index in [4.69, 9.17) is 25.8 Å². The summed E-state index contributed by atoms with van der Waals surface area (Å²) in [6.45, 7) is 7.50. The maximum absolute atomic E-state index is 6.31. The van der Waals surface area contributed by atoms with Crippen LogP contribution in [0.4, 0.5) is 0 Å². The summed E-state index contributed by atoms with van der Waals surface area (Å²) in [5.74, 6) is 2.23. The first kappa shape index (κ1) is 19.4. The van der Waals surface area contributed by atoms with Crippen LogP contribution in [0.1, 0.15) is 23.6 Å². The first-order chi connectivity index (χ1) is 11.9. The van der Waals surface area contributed by atoms with Crippen LogP contribution in [-0.2, 0) is 6.54 Å². The Balaban J connectivity index is 1.93. The van der Waals surface area contributed by atoms with Gasteiger partial charge in [-0.25, -0.2) is 0 Å². The molecule has 2 aromatic carbocycles. The van der Waals surface area contributed by atoms with E-state index in [2.05, 4.69) is 37.4 Å². The summed E-state index contributed by atoms with van der Waals surface area (Å²) in [7, 11) is 3.21. The minimum absolute atomic E-state index is 0.0411. The van der Waals surface area contributed by atoms with Crippen LogP contribution in [-0.4, -0.2) is 26.9 Å². The van der Waals surface area contributed by atoms with Gasteiger partial charge in [0.1, 0.15) is 11.9 Å². The highest BCUT2D eigenvalue weighted by Crippen LogP contribution is 2.33. The molecule has 4 nitrogen and oxygen atoms in total. The summed E-state index contributed by atoms with van der Waals surface area (Å²) >= 11 is 6.31. The first-order valence-corrected chi connectivity index (χ1v) is 8.67. The Bertz CT molecular complexity index is 718. The number of benzene rings is 2. The van der Waals surface area contributed by atoms with Crippen molar-refractivity contribution in [2.24, 2.45) is 0 Å². The van der Waals surface area contributed by atoms with Gasteiger partial charge in [0.2, 0.25) is 0 Å². The third-order valence-corrected chi connectivity index (χ3v) is 4.32. The second-order valence-electron chi connectivity index (χ2n) is 6.13. The maximum atomic E-state index is 6.31. The third-order valence-electron chi connectivity index (χ3n) is 3.97. The fourth-order valence-corrected chi connectivity index (χ4v) is 2.76. The standard InChI is InChI=1S/C20H26ClNO3/c1-13-6-7-14(2)18(8-13)25-15(3)11-22-12-16-9-19(23-4)20(24-5)10-17(16)21/h6-10,15,22H,11-12H2,1-5H3. The molecule has 0 saturated heterocycles. The third kappa shape index (κ3) is 5.28. The van der Waals surface area contributed by atoms with Crippen LogP contribution < -0.4 is 19.5 Å². The zero-order chi connectivity index (χ0) is 18.4. The molecule has 136 valence electrons. The molecule has 1 unspecified atom stereocenters. The quantitative estimate of drug-likeness (QED) is 0.747. The molecule has 0 aliphatic heterocycles. The summed E-state index contributed by atoms with van der Waals surface area (Å²) in [4.78, 5) is 0. The second-order valence-corrected chi connectivity index (χ2v) is 6.53. The minimum atomic E-state index is 0.0411. The molecule has 0 aliphatic carbocycles. The summed E-state index contributed by atoms with van der Waals surface area (Å²) < 4.78 is 16.6. The molecule has 0 saturated carbocycles. The molecule has 0 heterocycles. The Hall–Kier alpha value is -1.91. The van der Waals surface area contributed by atoms with Crippen LogP contribution >= 0.6 is 11.6 Å². The molecule has 5 heteroatoms. The van der Waals surface area contributed by atoms with Crippen molar-refractivity contribution >= 4 is 11.6 Å². The average molecular weight is 364 g/mol. The lowest BCUT2D eigenvalue weighted by atomic mass is 10.1. The van der Waals surface area contributed by atoms with Crippen LogP contribution in [0.25, 0.3) is 0 Å². The first-order valence-electron chi connectivity index (χ1n) is 8.29. The Morgan fingerprint density at radius 2 is 1.68 bits per heavy atom. The topological polar surface area (TPSA) is 39.7 Å². The fourth-order valence-electron chi connectivity index (χ4n) is 2.53. The van der Waals surface area contributed by atoms with Crippen LogP contribution in [0.5, 0.6) is 17.2 Å². The zero-order valence-corrected chi connectivity index (χ0v) is 16.2. The smallest absolute Gasteiger partial charge is 0.162 e. The van der Waals surface area contributed by atoms with Crippen molar-refractivity contribution < 1.29 is 14.2 Å². The van der Waals surface area contributed by atoms with Crippen LogP contribution in [0.2, 0.25) is 5.02 Å². The lowest BCUT2D eigenvalue weighted by Crippen LogP contribution is -2.29. The monoisotopic (exact) mass is 363 g/mol. The van der Waals surface area contributed by atoms with Gasteiger partial charge in [0.15, 0.2) is 11.5 Å². The van der Waals surface area contributed by atoms with Crippen molar-refractivity contribution in [2.45, 2.75) is 33.4 Å². The Kier molecular flexibility index (Phi) is 6.97. The number of nitrogens with one attached hydrogen (secondary N) is 1. The molecule has 0 spiro atoms. The van der Waals surface area contributed by atoms with Gasteiger partial charge in [0, 0.05) is 24.2 Å². The van der Waals surface area contributed by atoms with Gasteiger partial charge in [0.05, 0.1) is 14.2 Å². The predicted molar refractivity (Wildman–Crippen MR) is 102 cm³/mol. The molecule has 0 aliphatic rings. The van der Waals surface area contributed by atoms with Crippen molar-refractivity contribution in [2.75, 3.05) is 20.8 Å². The van der Waals surface area contributed by atoms with E-state index in [-0.39, 0.29) is 6.10 Å². The van der Waals surface area contributed by atoms with E-state index in [1.807, 2.05) is 13.0 Å².